The second kappa shape index (κ2) is 10.1. The molecular formula is C25H27FN4O2S. The Bertz CT molecular complexity index is 1130. The van der Waals surface area contributed by atoms with E-state index < -0.39 is 0 Å². The number of anilines is 1. The van der Waals surface area contributed by atoms with Gasteiger partial charge in [0.05, 0.1) is 5.69 Å². The Morgan fingerprint density at radius 3 is 2.58 bits per heavy atom. The first kappa shape index (κ1) is 22.9. The lowest BCUT2D eigenvalue weighted by Gasteiger charge is -2.32. The van der Waals surface area contributed by atoms with E-state index in [1.165, 1.54) is 23.5 Å². The van der Waals surface area contributed by atoms with Gasteiger partial charge in [0.1, 0.15) is 15.7 Å². The molecule has 1 saturated heterocycles. The zero-order valence-corrected chi connectivity index (χ0v) is 19.5. The van der Waals surface area contributed by atoms with E-state index in [-0.39, 0.29) is 23.7 Å². The minimum absolute atomic E-state index is 0.0350. The number of nitrogens with zero attached hydrogens (tertiary/aromatic N) is 2. The van der Waals surface area contributed by atoms with Crippen molar-refractivity contribution in [2.45, 2.75) is 26.7 Å². The van der Waals surface area contributed by atoms with Crippen LogP contribution in [0.3, 0.4) is 0 Å². The van der Waals surface area contributed by atoms with Crippen molar-refractivity contribution in [1.29, 1.82) is 0 Å². The predicted molar refractivity (Wildman–Crippen MR) is 129 cm³/mol. The van der Waals surface area contributed by atoms with Gasteiger partial charge in [-0.25, -0.2) is 14.2 Å². The minimum atomic E-state index is -0.302. The van der Waals surface area contributed by atoms with Gasteiger partial charge in [0.25, 0.3) is 5.91 Å². The third-order valence-corrected chi connectivity index (χ3v) is 6.94. The Hall–Kier alpha value is -3.26. The molecule has 2 heterocycles. The maximum absolute atomic E-state index is 13.2. The van der Waals surface area contributed by atoms with Gasteiger partial charge in [0, 0.05) is 30.9 Å². The number of aryl methyl sites for hydroxylation is 2. The number of hydrogen-bond acceptors (Lipinski definition) is 4. The predicted octanol–water partition coefficient (Wildman–Crippen LogP) is 5.24. The van der Waals surface area contributed by atoms with Crippen molar-refractivity contribution in [3.8, 4) is 10.6 Å². The number of rotatable bonds is 5. The van der Waals surface area contributed by atoms with E-state index in [0.29, 0.717) is 35.2 Å². The number of hydrogen-bond donors (Lipinski definition) is 2. The molecule has 0 radical (unpaired) electrons. The van der Waals surface area contributed by atoms with E-state index >= 15 is 0 Å². The molecule has 4 rings (SSSR count). The molecule has 8 heteroatoms. The molecule has 0 saturated carbocycles. The molecule has 2 aromatic carbocycles. The lowest BCUT2D eigenvalue weighted by Crippen LogP contribution is -2.44. The lowest BCUT2D eigenvalue weighted by molar-refractivity contribution is 0.0679. The molecule has 0 bridgehead atoms. The van der Waals surface area contributed by atoms with Gasteiger partial charge in [0.15, 0.2) is 0 Å². The van der Waals surface area contributed by atoms with Crippen LogP contribution in [0.1, 0.15) is 33.8 Å². The molecule has 3 amide bonds. The van der Waals surface area contributed by atoms with Crippen LogP contribution in [0.15, 0.2) is 48.5 Å². The minimum Gasteiger partial charge on any atom is -0.338 e. The first-order valence-electron chi connectivity index (χ1n) is 11.0. The number of halogens is 1. The molecule has 1 unspecified atom stereocenters. The summed E-state index contributed by atoms with van der Waals surface area (Å²) < 4.78 is 13.2. The van der Waals surface area contributed by atoms with Gasteiger partial charge < -0.3 is 15.5 Å². The Balaban J connectivity index is 1.34. The van der Waals surface area contributed by atoms with Crippen LogP contribution in [0.2, 0.25) is 0 Å². The van der Waals surface area contributed by atoms with Crippen LogP contribution in [0.4, 0.5) is 14.9 Å². The van der Waals surface area contributed by atoms with Gasteiger partial charge >= 0.3 is 6.03 Å². The largest absolute Gasteiger partial charge is 0.338 e. The highest BCUT2D eigenvalue weighted by Crippen LogP contribution is 2.30. The Morgan fingerprint density at radius 2 is 1.85 bits per heavy atom. The zero-order valence-electron chi connectivity index (χ0n) is 18.7. The van der Waals surface area contributed by atoms with Crippen molar-refractivity contribution in [3.05, 3.63) is 70.5 Å². The van der Waals surface area contributed by atoms with Gasteiger partial charge in [-0.3, -0.25) is 4.79 Å². The fourth-order valence-corrected chi connectivity index (χ4v) is 4.96. The number of carbonyl (C=O) groups is 2. The number of thiazole rings is 1. The summed E-state index contributed by atoms with van der Waals surface area (Å²) in [4.78, 5) is 32.5. The maximum atomic E-state index is 13.2. The summed E-state index contributed by atoms with van der Waals surface area (Å²) >= 11 is 1.34. The van der Waals surface area contributed by atoms with Crippen molar-refractivity contribution >= 4 is 29.0 Å². The average molecular weight is 467 g/mol. The van der Waals surface area contributed by atoms with Gasteiger partial charge in [0.2, 0.25) is 0 Å². The molecular weight excluding hydrogens is 439 g/mol. The van der Waals surface area contributed by atoms with E-state index in [1.807, 2.05) is 43.0 Å². The highest BCUT2D eigenvalue weighted by molar-refractivity contribution is 7.17. The standard InChI is InChI=1S/C25H27FN4O2S/c1-16-5-11-21(12-6-16)29-25(32)27-14-18-4-3-13-30(15-18)24(31)22-17(2)28-23(33-22)19-7-9-20(26)10-8-19/h5-12,18H,3-4,13-15H2,1-2H3,(H2,27,29,32). The zero-order chi connectivity index (χ0) is 23.4. The monoisotopic (exact) mass is 466 g/mol. The topological polar surface area (TPSA) is 74.3 Å². The van der Waals surface area contributed by atoms with Crippen molar-refractivity contribution in [3.63, 3.8) is 0 Å². The molecule has 0 aliphatic carbocycles. The summed E-state index contributed by atoms with van der Waals surface area (Å²) in [6.07, 6.45) is 1.84. The molecule has 1 aromatic heterocycles. The number of aromatic nitrogens is 1. The molecule has 0 spiro atoms. The first-order chi connectivity index (χ1) is 15.9. The molecule has 1 atom stereocenters. The van der Waals surface area contributed by atoms with E-state index in [1.54, 1.807) is 12.1 Å². The summed E-state index contributed by atoms with van der Waals surface area (Å²) in [6.45, 7) is 5.61. The molecule has 1 fully saturated rings. The number of amides is 3. The molecule has 1 aliphatic rings. The SMILES string of the molecule is Cc1ccc(NC(=O)NCC2CCCN(C(=O)c3sc(-c4ccc(F)cc4)nc3C)C2)cc1. The smallest absolute Gasteiger partial charge is 0.319 e. The van der Waals surface area contributed by atoms with Crippen LogP contribution in [0.25, 0.3) is 10.6 Å². The fourth-order valence-electron chi connectivity index (χ4n) is 3.92. The molecule has 6 nitrogen and oxygen atoms in total. The highest BCUT2D eigenvalue weighted by atomic mass is 32.1. The number of carbonyl (C=O) groups excluding carboxylic acids is 2. The van der Waals surface area contributed by atoms with E-state index in [0.717, 1.165) is 29.7 Å². The van der Waals surface area contributed by atoms with E-state index in [2.05, 4.69) is 15.6 Å². The number of benzene rings is 2. The third kappa shape index (κ3) is 5.76. The highest BCUT2D eigenvalue weighted by Gasteiger charge is 2.27. The van der Waals surface area contributed by atoms with Crippen molar-refractivity contribution in [1.82, 2.24) is 15.2 Å². The van der Waals surface area contributed by atoms with Crippen LogP contribution < -0.4 is 10.6 Å². The van der Waals surface area contributed by atoms with E-state index in [4.69, 9.17) is 0 Å². The number of likely N-dealkylation sites (tertiary alicyclic amines) is 1. The van der Waals surface area contributed by atoms with Crippen LogP contribution in [0.5, 0.6) is 0 Å². The van der Waals surface area contributed by atoms with Crippen molar-refractivity contribution < 1.29 is 14.0 Å². The second-order valence-electron chi connectivity index (χ2n) is 8.40. The second-order valence-corrected chi connectivity index (χ2v) is 9.40. The molecule has 1 aliphatic heterocycles. The van der Waals surface area contributed by atoms with Gasteiger partial charge in [-0.1, -0.05) is 17.7 Å². The van der Waals surface area contributed by atoms with E-state index in [9.17, 15) is 14.0 Å². The Labute approximate surface area is 196 Å². The van der Waals surface area contributed by atoms with Gasteiger partial charge in [-0.05, 0) is 69.0 Å². The van der Waals surface area contributed by atoms with Crippen LogP contribution >= 0.6 is 11.3 Å². The van der Waals surface area contributed by atoms with Crippen molar-refractivity contribution in [2.24, 2.45) is 5.92 Å². The lowest BCUT2D eigenvalue weighted by atomic mass is 9.98. The maximum Gasteiger partial charge on any atom is 0.319 e. The van der Waals surface area contributed by atoms with Crippen molar-refractivity contribution in [2.75, 3.05) is 25.0 Å². The molecule has 2 N–H and O–H groups in total. The summed E-state index contributed by atoms with van der Waals surface area (Å²) in [5.74, 6) is -0.146. The fraction of sp³-hybridized carbons (Fsp3) is 0.320. The number of urea groups is 1. The Kier molecular flexibility index (Phi) is 7.03. The molecule has 3 aromatic rings. The quantitative estimate of drug-likeness (QED) is 0.540. The average Bonchev–Trinajstić information content (AvgIpc) is 3.21. The molecule has 33 heavy (non-hydrogen) atoms. The first-order valence-corrected chi connectivity index (χ1v) is 11.8. The normalized spacial score (nSPS) is 15.8. The number of piperidine rings is 1. The summed E-state index contributed by atoms with van der Waals surface area (Å²) in [7, 11) is 0. The summed E-state index contributed by atoms with van der Waals surface area (Å²) in [5.41, 5.74) is 3.36. The summed E-state index contributed by atoms with van der Waals surface area (Å²) in [6, 6.07) is 13.5. The molecule has 172 valence electrons. The Morgan fingerprint density at radius 1 is 1.12 bits per heavy atom. The number of nitrogens with one attached hydrogen (secondary N) is 2. The van der Waals surface area contributed by atoms with Gasteiger partial charge in [-0.15, -0.1) is 11.3 Å². The van der Waals surface area contributed by atoms with Crippen LogP contribution in [-0.4, -0.2) is 41.5 Å². The van der Waals surface area contributed by atoms with Crippen LogP contribution in [-0.2, 0) is 0 Å². The third-order valence-electron chi connectivity index (χ3n) is 5.75. The van der Waals surface area contributed by atoms with Gasteiger partial charge in [-0.2, -0.15) is 0 Å². The summed E-state index contributed by atoms with van der Waals surface area (Å²) in [5, 5.41) is 6.47. The van der Waals surface area contributed by atoms with Crippen LogP contribution in [0, 0.1) is 25.6 Å².